The fourth-order valence-electron chi connectivity index (χ4n) is 2.10. The van der Waals surface area contributed by atoms with E-state index in [0.717, 1.165) is 35.6 Å². The van der Waals surface area contributed by atoms with E-state index < -0.39 is 0 Å². The van der Waals surface area contributed by atoms with Crippen molar-refractivity contribution in [1.82, 2.24) is 0 Å². The third kappa shape index (κ3) is 3.18. The average molecular weight is 425 g/mol. The van der Waals surface area contributed by atoms with Crippen LogP contribution in [0.25, 0.3) is 0 Å². The molecule has 0 aliphatic carbocycles. The maximum atomic E-state index is 6.58. The molecule has 1 heterocycles. The van der Waals surface area contributed by atoms with E-state index in [0.29, 0.717) is 0 Å². The summed E-state index contributed by atoms with van der Waals surface area (Å²) in [6.07, 6.45) is 0. The standard InChI is InChI=1S/C14H13Br2ClOS/c1-7-4-9(5-8(2)13(7)18-3)12(17)11-6-10(15)14(16)19-11/h4-6,12H,1-3H3. The van der Waals surface area contributed by atoms with Crippen molar-refractivity contribution in [1.29, 1.82) is 0 Å². The molecule has 0 spiro atoms. The topological polar surface area (TPSA) is 9.23 Å². The van der Waals surface area contributed by atoms with Crippen LogP contribution in [-0.2, 0) is 0 Å². The second-order valence-corrected chi connectivity index (χ2v) is 8.01. The van der Waals surface area contributed by atoms with Crippen molar-refractivity contribution in [2.75, 3.05) is 7.11 Å². The van der Waals surface area contributed by atoms with Crippen molar-refractivity contribution >= 4 is 54.8 Å². The SMILES string of the molecule is COc1c(C)cc(C(Cl)c2cc(Br)c(Br)s2)cc1C. The van der Waals surface area contributed by atoms with Gasteiger partial charge in [0.05, 0.1) is 16.3 Å². The summed E-state index contributed by atoms with van der Waals surface area (Å²) in [6.45, 7) is 4.08. The fraction of sp³-hybridized carbons (Fsp3) is 0.286. The number of hydrogen-bond donors (Lipinski definition) is 0. The first-order valence-electron chi connectivity index (χ1n) is 5.68. The molecule has 1 aromatic carbocycles. The van der Waals surface area contributed by atoms with Gasteiger partial charge in [0.25, 0.3) is 0 Å². The predicted octanol–water partition coefficient (Wildman–Crippen LogP) is 6.23. The van der Waals surface area contributed by atoms with Crippen LogP contribution in [0.4, 0.5) is 0 Å². The number of hydrogen-bond acceptors (Lipinski definition) is 2. The van der Waals surface area contributed by atoms with Gasteiger partial charge in [-0.15, -0.1) is 22.9 Å². The van der Waals surface area contributed by atoms with Gasteiger partial charge >= 0.3 is 0 Å². The zero-order chi connectivity index (χ0) is 14.2. The highest BCUT2D eigenvalue weighted by atomic mass is 79.9. The number of thiophene rings is 1. The van der Waals surface area contributed by atoms with Gasteiger partial charge in [0.15, 0.2) is 0 Å². The van der Waals surface area contributed by atoms with Gasteiger partial charge in [0.1, 0.15) is 5.75 Å². The van der Waals surface area contributed by atoms with Crippen molar-refractivity contribution in [3.05, 3.63) is 48.0 Å². The molecule has 0 aliphatic heterocycles. The normalized spacial score (nSPS) is 12.5. The molecule has 2 rings (SSSR count). The minimum atomic E-state index is -0.143. The van der Waals surface area contributed by atoms with Crippen LogP contribution in [0.1, 0.15) is 26.9 Å². The summed E-state index contributed by atoms with van der Waals surface area (Å²) < 4.78 is 7.49. The van der Waals surface area contributed by atoms with Crippen molar-refractivity contribution < 1.29 is 4.74 Å². The lowest BCUT2D eigenvalue weighted by Gasteiger charge is -2.14. The van der Waals surface area contributed by atoms with Gasteiger partial charge in [-0.25, -0.2) is 0 Å². The Morgan fingerprint density at radius 1 is 1.16 bits per heavy atom. The maximum Gasteiger partial charge on any atom is 0.124 e. The van der Waals surface area contributed by atoms with E-state index >= 15 is 0 Å². The smallest absolute Gasteiger partial charge is 0.124 e. The summed E-state index contributed by atoms with van der Waals surface area (Å²) in [4.78, 5) is 1.12. The molecule has 0 amide bonds. The molecule has 1 atom stereocenters. The molecular formula is C14H13Br2ClOS. The Morgan fingerprint density at radius 3 is 2.16 bits per heavy atom. The summed E-state index contributed by atoms with van der Waals surface area (Å²) >= 11 is 15.2. The monoisotopic (exact) mass is 422 g/mol. The van der Waals surface area contributed by atoms with Gasteiger partial charge in [0.2, 0.25) is 0 Å². The zero-order valence-corrected chi connectivity index (χ0v) is 15.5. The van der Waals surface area contributed by atoms with Crippen molar-refractivity contribution in [2.45, 2.75) is 19.2 Å². The first kappa shape index (κ1) is 15.4. The minimum Gasteiger partial charge on any atom is -0.496 e. The van der Waals surface area contributed by atoms with Crippen LogP contribution in [0.3, 0.4) is 0 Å². The fourth-order valence-corrected chi connectivity index (χ4v) is 4.52. The number of alkyl halides is 1. The number of benzene rings is 1. The second-order valence-electron chi connectivity index (χ2n) is 4.32. The molecule has 1 unspecified atom stereocenters. The van der Waals surface area contributed by atoms with Crippen LogP contribution < -0.4 is 4.74 Å². The van der Waals surface area contributed by atoms with Gasteiger partial charge in [0, 0.05) is 9.35 Å². The van der Waals surface area contributed by atoms with Crippen molar-refractivity contribution in [2.24, 2.45) is 0 Å². The molecular weight excluding hydrogens is 411 g/mol. The lowest BCUT2D eigenvalue weighted by molar-refractivity contribution is 0.408. The first-order valence-corrected chi connectivity index (χ1v) is 8.52. The van der Waals surface area contributed by atoms with Crippen LogP contribution in [0.2, 0.25) is 0 Å². The molecule has 1 aromatic heterocycles. The summed E-state index contributed by atoms with van der Waals surface area (Å²) in [7, 11) is 1.70. The Kier molecular flexibility index (Phi) is 4.99. The van der Waals surface area contributed by atoms with E-state index in [4.69, 9.17) is 16.3 Å². The van der Waals surface area contributed by atoms with Gasteiger partial charge < -0.3 is 4.74 Å². The Hall–Kier alpha value is -0.0300. The molecule has 0 N–H and O–H groups in total. The maximum absolute atomic E-state index is 6.58. The van der Waals surface area contributed by atoms with Crippen molar-refractivity contribution in [3.8, 4) is 5.75 Å². The first-order chi connectivity index (χ1) is 8.93. The Balaban J connectivity index is 2.41. The number of ether oxygens (including phenoxy) is 1. The molecule has 0 bridgehead atoms. The molecule has 19 heavy (non-hydrogen) atoms. The van der Waals surface area contributed by atoms with Crippen LogP contribution in [0, 0.1) is 13.8 Å². The summed E-state index contributed by atoms with van der Waals surface area (Å²) in [6, 6.07) is 6.23. The van der Waals surface area contributed by atoms with E-state index in [1.165, 1.54) is 0 Å². The molecule has 1 nitrogen and oxygen atoms in total. The van der Waals surface area contributed by atoms with Crippen LogP contribution in [0.15, 0.2) is 26.5 Å². The Morgan fingerprint density at radius 2 is 1.74 bits per heavy atom. The van der Waals surface area contributed by atoms with E-state index in [1.54, 1.807) is 18.4 Å². The third-order valence-corrected chi connectivity index (χ3v) is 6.83. The Bertz CT molecular complexity index is 567. The van der Waals surface area contributed by atoms with E-state index in [-0.39, 0.29) is 5.38 Å². The predicted molar refractivity (Wildman–Crippen MR) is 89.9 cm³/mol. The molecule has 0 fully saturated rings. The second kappa shape index (κ2) is 6.17. The number of aryl methyl sites for hydroxylation is 2. The molecule has 102 valence electrons. The summed E-state index contributed by atoms with van der Waals surface area (Å²) in [5, 5.41) is -0.143. The number of methoxy groups -OCH3 is 1. The molecule has 0 saturated carbocycles. The molecule has 5 heteroatoms. The molecule has 2 aromatic rings. The Labute approximate surface area is 139 Å². The summed E-state index contributed by atoms with van der Waals surface area (Å²) in [5.74, 6) is 0.932. The zero-order valence-electron chi connectivity index (χ0n) is 10.8. The van der Waals surface area contributed by atoms with Crippen molar-refractivity contribution in [3.63, 3.8) is 0 Å². The lowest BCUT2D eigenvalue weighted by atomic mass is 10.0. The molecule has 0 saturated heterocycles. The summed E-state index contributed by atoms with van der Waals surface area (Å²) in [5.41, 5.74) is 3.31. The van der Waals surface area contributed by atoms with Crippen LogP contribution in [-0.4, -0.2) is 7.11 Å². The molecule has 0 aliphatic rings. The van der Waals surface area contributed by atoms with Crippen LogP contribution >= 0.6 is 54.8 Å². The van der Waals surface area contributed by atoms with Gasteiger partial charge in [-0.05, 0) is 68.5 Å². The van der Waals surface area contributed by atoms with E-state index in [1.807, 2.05) is 13.8 Å². The largest absolute Gasteiger partial charge is 0.496 e. The van der Waals surface area contributed by atoms with E-state index in [9.17, 15) is 0 Å². The number of rotatable bonds is 3. The quantitative estimate of drug-likeness (QED) is 0.531. The van der Waals surface area contributed by atoms with Gasteiger partial charge in [-0.1, -0.05) is 12.1 Å². The van der Waals surface area contributed by atoms with Gasteiger partial charge in [-0.3, -0.25) is 0 Å². The van der Waals surface area contributed by atoms with E-state index in [2.05, 4.69) is 50.1 Å². The van der Waals surface area contributed by atoms with Crippen LogP contribution in [0.5, 0.6) is 5.75 Å². The average Bonchev–Trinajstić information content (AvgIpc) is 2.68. The highest BCUT2D eigenvalue weighted by Gasteiger charge is 2.17. The number of halogens is 3. The minimum absolute atomic E-state index is 0.143. The highest BCUT2D eigenvalue weighted by molar-refractivity contribution is 9.13. The molecule has 0 radical (unpaired) electrons. The third-order valence-electron chi connectivity index (χ3n) is 2.89. The van der Waals surface area contributed by atoms with Gasteiger partial charge in [-0.2, -0.15) is 0 Å². The lowest BCUT2D eigenvalue weighted by Crippen LogP contribution is -1.96. The highest BCUT2D eigenvalue weighted by Crippen LogP contribution is 2.41.